The Labute approximate surface area is 369 Å². The maximum Gasteiger partial charge on any atom is 0.143 e. The molecule has 0 aliphatic heterocycles. The summed E-state index contributed by atoms with van der Waals surface area (Å²) in [6, 6.07) is 82.2. The summed E-state index contributed by atoms with van der Waals surface area (Å²) in [5.41, 5.74) is 17.1. The first-order valence-electron chi connectivity index (χ1n) is 21.7. The number of fused-ring (bicyclic) bond motifs is 9. The first-order chi connectivity index (χ1) is 31.7. The van der Waals surface area contributed by atoms with Crippen molar-refractivity contribution in [3.63, 3.8) is 0 Å². The standard InChI is InChI=1S/C60H38N2O2/c1-2-11-41(12-3-1)48-16-10-17-52-54-38-43(26-36-59(54)64-60(48)52)40-23-29-45(30-24-40)61(44-27-21-39(22-28-44)42-25-35-58-53(37-42)51-15-6-9-20-57(51)63-58)46-31-33-47(34-32-46)62-55-18-7-4-13-49(55)50-14-5-8-19-56(50)62/h1-38H. The summed E-state index contributed by atoms with van der Waals surface area (Å²) in [5.74, 6) is 0. The van der Waals surface area contributed by atoms with E-state index in [1.807, 2.05) is 18.2 Å². The van der Waals surface area contributed by atoms with E-state index < -0.39 is 0 Å². The van der Waals surface area contributed by atoms with Crippen LogP contribution in [0.4, 0.5) is 17.1 Å². The van der Waals surface area contributed by atoms with Gasteiger partial charge in [-0.15, -0.1) is 0 Å². The number of anilines is 3. The molecule has 300 valence electrons. The maximum atomic E-state index is 6.51. The minimum absolute atomic E-state index is 0.885. The molecule has 0 N–H and O–H groups in total. The Morgan fingerprint density at radius 3 is 1.39 bits per heavy atom. The lowest BCUT2D eigenvalue weighted by Crippen LogP contribution is -2.10. The van der Waals surface area contributed by atoms with Crippen LogP contribution in [-0.2, 0) is 0 Å². The molecule has 13 aromatic rings. The van der Waals surface area contributed by atoms with Crippen molar-refractivity contribution in [3.8, 4) is 39.1 Å². The Morgan fingerprint density at radius 2 is 0.766 bits per heavy atom. The van der Waals surface area contributed by atoms with E-state index in [9.17, 15) is 0 Å². The monoisotopic (exact) mass is 818 g/mol. The fraction of sp³-hybridized carbons (Fsp3) is 0. The van der Waals surface area contributed by atoms with Gasteiger partial charge in [-0.2, -0.15) is 0 Å². The van der Waals surface area contributed by atoms with Crippen molar-refractivity contribution < 1.29 is 8.83 Å². The smallest absolute Gasteiger partial charge is 0.143 e. The number of hydrogen-bond donors (Lipinski definition) is 0. The van der Waals surface area contributed by atoms with E-state index in [4.69, 9.17) is 8.83 Å². The third-order valence-corrected chi connectivity index (χ3v) is 12.8. The molecule has 0 aliphatic carbocycles. The van der Waals surface area contributed by atoms with Gasteiger partial charge in [0, 0.05) is 60.6 Å². The number of aromatic nitrogens is 1. The van der Waals surface area contributed by atoms with Crippen LogP contribution in [-0.4, -0.2) is 4.57 Å². The Hall–Kier alpha value is -8.60. The van der Waals surface area contributed by atoms with E-state index in [1.165, 1.54) is 21.8 Å². The zero-order valence-corrected chi connectivity index (χ0v) is 34.7. The fourth-order valence-corrected chi connectivity index (χ4v) is 9.73. The summed E-state index contributed by atoms with van der Waals surface area (Å²) in [4.78, 5) is 2.34. The quantitative estimate of drug-likeness (QED) is 0.161. The normalized spacial score (nSPS) is 11.8. The van der Waals surface area contributed by atoms with E-state index in [-0.39, 0.29) is 0 Å². The van der Waals surface area contributed by atoms with Crippen LogP contribution in [0.3, 0.4) is 0 Å². The molecule has 0 radical (unpaired) electrons. The predicted octanol–water partition coefficient (Wildman–Crippen LogP) is 17.1. The molecule has 0 saturated heterocycles. The topological polar surface area (TPSA) is 34.5 Å². The summed E-state index contributed by atoms with van der Waals surface area (Å²) in [6.07, 6.45) is 0. The van der Waals surface area contributed by atoms with Gasteiger partial charge in [0.05, 0.1) is 11.0 Å². The lowest BCUT2D eigenvalue weighted by atomic mass is 10.00. The number of benzene rings is 10. The Morgan fingerprint density at radius 1 is 0.297 bits per heavy atom. The van der Waals surface area contributed by atoms with E-state index in [0.29, 0.717) is 0 Å². The molecule has 0 unspecified atom stereocenters. The molecule has 0 bridgehead atoms. The molecular weight excluding hydrogens is 781 g/mol. The first-order valence-corrected chi connectivity index (χ1v) is 21.7. The molecule has 10 aromatic carbocycles. The lowest BCUT2D eigenvalue weighted by molar-refractivity contribution is 0.669. The van der Waals surface area contributed by atoms with Crippen molar-refractivity contribution in [2.45, 2.75) is 0 Å². The van der Waals surface area contributed by atoms with Crippen LogP contribution in [0.1, 0.15) is 0 Å². The first kappa shape index (κ1) is 36.1. The van der Waals surface area contributed by atoms with Crippen LogP contribution in [0.15, 0.2) is 239 Å². The summed E-state index contributed by atoms with van der Waals surface area (Å²) in [7, 11) is 0. The number of rotatable bonds is 7. The van der Waals surface area contributed by atoms with Crippen LogP contribution < -0.4 is 4.90 Å². The van der Waals surface area contributed by atoms with E-state index >= 15 is 0 Å². The molecule has 0 aliphatic rings. The van der Waals surface area contributed by atoms with Crippen molar-refractivity contribution in [2.24, 2.45) is 0 Å². The van der Waals surface area contributed by atoms with Gasteiger partial charge in [-0.3, -0.25) is 0 Å². The highest BCUT2D eigenvalue weighted by molar-refractivity contribution is 6.11. The second-order valence-electron chi connectivity index (χ2n) is 16.5. The van der Waals surface area contributed by atoms with Crippen molar-refractivity contribution in [1.29, 1.82) is 0 Å². The highest BCUT2D eigenvalue weighted by atomic mass is 16.3. The molecule has 0 atom stereocenters. The Bertz CT molecular complexity index is 3820. The second kappa shape index (κ2) is 14.5. The minimum Gasteiger partial charge on any atom is -0.456 e. The highest BCUT2D eigenvalue weighted by Gasteiger charge is 2.18. The summed E-state index contributed by atoms with van der Waals surface area (Å²) in [6.45, 7) is 0. The van der Waals surface area contributed by atoms with Crippen molar-refractivity contribution in [2.75, 3.05) is 4.90 Å². The summed E-state index contributed by atoms with van der Waals surface area (Å²) in [5, 5.41) is 6.98. The zero-order valence-electron chi connectivity index (χ0n) is 34.7. The molecule has 0 amide bonds. The molecule has 0 spiro atoms. The van der Waals surface area contributed by atoms with E-state index in [2.05, 4.69) is 222 Å². The van der Waals surface area contributed by atoms with Crippen LogP contribution in [0, 0.1) is 0 Å². The third kappa shape index (κ3) is 5.84. The zero-order chi connectivity index (χ0) is 42.1. The van der Waals surface area contributed by atoms with Gasteiger partial charge < -0.3 is 18.3 Å². The van der Waals surface area contributed by atoms with Crippen molar-refractivity contribution in [3.05, 3.63) is 231 Å². The second-order valence-corrected chi connectivity index (χ2v) is 16.5. The average molecular weight is 819 g/mol. The molecule has 4 nitrogen and oxygen atoms in total. The van der Waals surface area contributed by atoms with E-state index in [1.54, 1.807) is 0 Å². The number of furan rings is 2. The molecule has 4 heteroatoms. The van der Waals surface area contributed by atoms with Crippen LogP contribution in [0.5, 0.6) is 0 Å². The van der Waals surface area contributed by atoms with Crippen LogP contribution in [0.2, 0.25) is 0 Å². The van der Waals surface area contributed by atoms with Gasteiger partial charge in [0.2, 0.25) is 0 Å². The van der Waals surface area contributed by atoms with Gasteiger partial charge in [-0.25, -0.2) is 0 Å². The van der Waals surface area contributed by atoms with Crippen molar-refractivity contribution in [1.82, 2.24) is 4.57 Å². The third-order valence-electron chi connectivity index (χ3n) is 12.8. The average Bonchev–Trinajstić information content (AvgIpc) is 4.04. The van der Waals surface area contributed by atoms with Gasteiger partial charge in [0.25, 0.3) is 0 Å². The van der Waals surface area contributed by atoms with Gasteiger partial charge in [-0.1, -0.05) is 140 Å². The van der Waals surface area contributed by atoms with Crippen LogP contribution >= 0.6 is 0 Å². The minimum atomic E-state index is 0.885. The molecule has 3 heterocycles. The fourth-order valence-electron chi connectivity index (χ4n) is 9.73. The summed E-state index contributed by atoms with van der Waals surface area (Å²) >= 11 is 0. The molecular formula is C60H38N2O2. The Balaban J connectivity index is 0.890. The lowest BCUT2D eigenvalue weighted by Gasteiger charge is -2.26. The molecule has 13 rings (SSSR count). The van der Waals surface area contributed by atoms with Gasteiger partial charge in [0.1, 0.15) is 22.3 Å². The van der Waals surface area contributed by atoms with Crippen LogP contribution in [0.25, 0.3) is 105 Å². The van der Waals surface area contributed by atoms with Gasteiger partial charge >= 0.3 is 0 Å². The highest BCUT2D eigenvalue weighted by Crippen LogP contribution is 2.41. The van der Waals surface area contributed by atoms with Gasteiger partial charge in [0.15, 0.2) is 0 Å². The maximum absolute atomic E-state index is 6.51. The number of nitrogens with zero attached hydrogens (tertiary/aromatic N) is 2. The molecule has 0 fully saturated rings. The molecule has 64 heavy (non-hydrogen) atoms. The number of para-hydroxylation sites is 4. The largest absolute Gasteiger partial charge is 0.456 e. The molecule has 0 saturated carbocycles. The summed E-state index contributed by atoms with van der Waals surface area (Å²) < 4.78 is 15.0. The van der Waals surface area contributed by atoms with Crippen molar-refractivity contribution >= 4 is 82.7 Å². The Kier molecular flexibility index (Phi) is 8.18. The van der Waals surface area contributed by atoms with E-state index in [0.717, 1.165) is 100 Å². The van der Waals surface area contributed by atoms with Gasteiger partial charge in [-0.05, 0) is 119 Å². The molecule has 3 aromatic heterocycles. The number of hydrogen-bond acceptors (Lipinski definition) is 3. The SMILES string of the molecule is c1ccc(-c2cccc3c2oc2ccc(-c4ccc(N(c5ccc(-c6ccc7oc8ccccc8c7c6)cc5)c5ccc(-n6c7ccccc7c7ccccc76)cc5)cc4)cc23)cc1. The predicted molar refractivity (Wildman–Crippen MR) is 266 cm³/mol.